The zero-order valence-corrected chi connectivity index (χ0v) is 18.7. The predicted molar refractivity (Wildman–Crippen MR) is 119 cm³/mol. The van der Waals surface area contributed by atoms with Crippen LogP contribution in [0.5, 0.6) is 11.6 Å². The standard InChI is InChI=1S/C24H23F3N2O3S/c1-17(29-14-12-18-4-2-3-5-22(18)29)13-15-33(30,31)21-9-7-20(8-10-21)32-23-11-6-19(16-28-23)24(25,26)27/h2-11,16-17H,12-15H2,1H3. The minimum atomic E-state index is -4.48. The Bertz CT molecular complexity index is 1210. The molecule has 174 valence electrons. The third kappa shape index (κ3) is 5.30. The van der Waals surface area contributed by atoms with Crippen LogP contribution in [-0.2, 0) is 22.4 Å². The molecule has 0 spiro atoms. The van der Waals surface area contributed by atoms with Crippen molar-refractivity contribution in [3.05, 3.63) is 78.0 Å². The molecule has 1 aromatic heterocycles. The van der Waals surface area contributed by atoms with E-state index in [1.54, 1.807) is 0 Å². The van der Waals surface area contributed by atoms with Gasteiger partial charge in [-0.2, -0.15) is 13.2 Å². The van der Waals surface area contributed by atoms with E-state index in [1.165, 1.54) is 35.5 Å². The molecule has 1 unspecified atom stereocenters. The number of sulfone groups is 1. The monoisotopic (exact) mass is 476 g/mol. The van der Waals surface area contributed by atoms with Crippen LogP contribution in [0.15, 0.2) is 71.8 Å². The van der Waals surface area contributed by atoms with Gasteiger partial charge in [0.15, 0.2) is 9.84 Å². The van der Waals surface area contributed by atoms with Crippen LogP contribution in [0, 0.1) is 0 Å². The van der Waals surface area contributed by atoms with Crippen molar-refractivity contribution in [2.45, 2.75) is 36.9 Å². The first-order valence-electron chi connectivity index (χ1n) is 10.5. The number of alkyl halides is 3. The van der Waals surface area contributed by atoms with Gasteiger partial charge in [-0.25, -0.2) is 13.4 Å². The van der Waals surface area contributed by atoms with Crippen molar-refractivity contribution < 1.29 is 26.3 Å². The fourth-order valence-electron chi connectivity index (χ4n) is 3.87. The Morgan fingerprint density at radius 2 is 1.79 bits per heavy atom. The van der Waals surface area contributed by atoms with Crippen LogP contribution < -0.4 is 9.64 Å². The van der Waals surface area contributed by atoms with Gasteiger partial charge < -0.3 is 9.64 Å². The molecule has 0 saturated heterocycles. The van der Waals surface area contributed by atoms with E-state index in [2.05, 4.69) is 22.0 Å². The van der Waals surface area contributed by atoms with Crippen molar-refractivity contribution in [3.63, 3.8) is 0 Å². The summed E-state index contributed by atoms with van der Waals surface area (Å²) in [5.74, 6) is 0.273. The van der Waals surface area contributed by atoms with Crippen LogP contribution in [0.2, 0.25) is 0 Å². The second-order valence-corrected chi connectivity index (χ2v) is 10.1. The van der Waals surface area contributed by atoms with Crippen LogP contribution in [0.25, 0.3) is 0 Å². The van der Waals surface area contributed by atoms with E-state index in [0.29, 0.717) is 12.6 Å². The van der Waals surface area contributed by atoms with Gasteiger partial charge in [0, 0.05) is 30.5 Å². The maximum Gasteiger partial charge on any atom is 0.417 e. The van der Waals surface area contributed by atoms with Gasteiger partial charge in [0.2, 0.25) is 5.88 Å². The first-order chi connectivity index (χ1) is 15.6. The summed E-state index contributed by atoms with van der Waals surface area (Å²) in [6.07, 6.45) is -2.34. The maximum atomic E-state index is 12.8. The maximum absolute atomic E-state index is 12.8. The smallest absolute Gasteiger partial charge is 0.417 e. The highest BCUT2D eigenvalue weighted by atomic mass is 32.2. The van der Waals surface area contributed by atoms with E-state index < -0.39 is 21.6 Å². The molecule has 2 heterocycles. The molecule has 1 aliphatic heterocycles. The lowest BCUT2D eigenvalue weighted by atomic mass is 10.1. The number of nitrogens with zero attached hydrogens (tertiary/aromatic N) is 2. The predicted octanol–water partition coefficient (Wildman–Crippen LogP) is 5.51. The van der Waals surface area contributed by atoms with Gasteiger partial charge in [-0.1, -0.05) is 18.2 Å². The minimum absolute atomic E-state index is 0.00744. The Hall–Kier alpha value is -3.07. The lowest BCUT2D eigenvalue weighted by Gasteiger charge is -2.27. The molecule has 0 bridgehead atoms. The molecule has 4 rings (SSSR count). The van der Waals surface area contributed by atoms with E-state index >= 15 is 0 Å². The highest BCUT2D eigenvalue weighted by molar-refractivity contribution is 7.91. The van der Waals surface area contributed by atoms with Crippen molar-refractivity contribution in [2.75, 3.05) is 17.2 Å². The molecule has 0 amide bonds. The van der Waals surface area contributed by atoms with Gasteiger partial charge >= 0.3 is 6.18 Å². The molecular weight excluding hydrogens is 453 g/mol. The van der Waals surface area contributed by atoms with E-state index in [1.807, 2.05) is 19.1 Å². The van der Waals surface area contributed by atoms with Crippen LogP contribution in [-0.4, -0.2) is 31.7 Å². The molecule has 5 nitrogen and oxygen atoms in total. The van der Waals surface area contributed by atoms with Crippen molar-refractivity contribution in [2.24, 2.45) is 0 Å². The number of benzene rings is 2. The van der Waals surface area contributed by atoms with Gasteiger partial charge in [0.1, 0.15) is 5.75 Å². The molecule has 2 aromatic carbocycles. The molecule has 3 aromatic rings. The Morgan fingerprint density at radius 1 is 1.06 bits per heavy atom. The van der Waals surface area contributed by atoms with E-state index in [9.17, 15) is 21.6 Å². The number of hydrogen-bond acceptors (Lipinski definition) is 5. The molecule has 1 atom stereocenters. The zero-order chi connectivity index (χ0) is 23.6. The highest BCUT2D eigenvalue weighted by Gasteiger charge is 2.30. The molecule has 9 heteroatoms. The van der Waals surface area contributed by atoms with Crippen molar-refractivity contribution in [1.29, 1.82) is 0 Å². The number of halogens is 3. The summed E-state index contributed by atoms with van der Waals surface area (Å²) >= 11 is 0. The van der Waals surface area contributed by atoms with Crippen molar-refractivity contribution in [3.8, 4) is 11.6 Å². The third-order valence-corrected chi connectivity index (χ3v) is 7.49. The number of anilines is 1. The van der Waals surface area contributed by atoms with Gasteiger partial charge in [-0.05, 0) is 61.7 Å². The summed E-state index contributed by atoms with van der Waals surface area (Å²) in [7, 11) is -3.50. The topological polar surface area (TPSA) is 59.5 Å². The van der Waals surface area contributed by atoms with Gasteiger partial charge in [-0.3, -0.25) is 0 Å². The van der Waals surface area contributed by atoms with E-state index in [0.717, 1.165) is 25.1 Å². The second-order valence-electron chi connectivity index (χ2n) is 7.99. The number of pyridine rings is 1. The van der Waals surface area contributed by atoms with E-state index in [-0.39, 0.29) is 28.3 Å². The highest BCUT2D eigenvalue weighted by Crippen LogP contribution is 2.31. The number of aromatic nitrogens is 1. The average molecular weight is 477 g/mol. The fourth-order valence-corrected chi connectivity index (χ4v) is 5.30. The molecular formula is C24H23F3N2O3S. The lowest BCUT2D eigenvalue weighted by molar-refractivity contribution is -0.137. The molecule has 1 aliphatic rings. The Morgan fingerprint density at radius 3 is 2.45 bits per heavy atom. The second kappa shape index (κ2) is 9.05. The Balaban J connectivity index is 1.37. The number of para-hydroxylation sites is 1. The van der Waals surface area contributed by atoms with Crippen LogP contribution in [0.3, 0.4) is 0 Å². The largest absolute Gasteiger partial charge is 0.439 e. The molecule has 33 heavy (non-hydrogen) atoms. The Kier molecular flexibility index (Phi) is 6.34. The normalized spacial score (nSPS) is 14.7. The summed E-state index contributed by atoms with van der Waals surface area (Å²) in [4.78, 5) is 6.07. The van der Waals surface area contributed by atoms with Crippen LogP contribution in [0.4, 0.5) is 18.9 Å². The number of fused-ring (bicyclic) bond motifs is 1. The molecule has 0 aliphatic carbocycles. The number of hydrogen-bond donors (Lipinski definition) is 0. The lowest BCUT2D eigenvalue weighted by Crippen LogP contribution is -2.32. The number of rotatable bonds is 7. The van der Waals surface area contributed by atoms with Crippen LogP contribution >= 0.6 is 0 Å². The van der Waals surface area contributed by atoms with Crippen molar-refractivity contribution >= 4 is 15.5 Å². The third-order valence-electron chi connectivity index (χ3n) is 5.73. The quantitative estimate of drug-likeness (QED) is 0.450. The summed E-state index contributed by atoms with van der Waals surface area (Å²) in [5, 5.41) is 0. The van der Waals surface area contributed by atoms with Gasteiger partial charge in [-0.15, -0.1) is 0 Å². The molecule has 0 radical (unpaired) electrons. The summed E-state index contributed by atoms with van der Waals surface area (Å²) < 4.78 is 69.0. The average Bonchev–Trinajstić information content (AvgIpc) is 3.22. The van der Waals surface area contributed by atoms with Crippen LogP contribution in [0.1, 0.15) is 24.5 Å². The first kappa shape index (κ1) is 23.1. The van der Waals surface area contributed by atoms with E-state index in [4.69, 9.17) is 4.74 Å². The van der Waals surface area contributed by atoms with Crippen molar-refractivity contribution in [1.82, 2.24) is 4.98 Å². The zero-order valence-electron chi connectivity index (χ0n) is 17.9. The minimum Gasteiger partial charge on any atom is -0.439 e. The van der Waals surface area contributed by atoms with Gasteiger partial charge in [0.05, 0.1) is 16.2 Å². The Labute approximate surface area is 190 Å². The van der Waals surface area contributed by atoms with Gasteiger partial charge in [0.25, 0.3) is 0 Å². The summed E-state index contributed by atoms with van der Waals surface area (Å²) in [6.45, 7) is 2.91. The first-order valence-corrected chi connectivity index (χ1v) is 12.2. The summed E-state index contributed by atoms with van der Waals surface area (Å²) in [6, 6.07) is 16.0. The number of ether oxygens (including phenoxy) is 1. The molecule has 0 saturated carbocycles. The fraction of sp³-hybridized carbons (Fsp3) is 0.292. The molecule has 0 fully saturated rings. The molecule has 0 N–H and O–H groups in total. The summed E-state index contributed by atoms with van der Waals surface area (Å²) in [5.41, 5.74) is 1.58. The SMILES string of the molecule is CC(CCS(=O)(=O)c1ccc(Oc2ccc(C(F)(F)F)cn2)cc1)N1CCc2ccccc21.